The van der Waals surface area contributed by atoms with Gasteiger partial charge in [0.25, 0.3) is 0 Å². The number of esters is 6. The Kier molecular flexibility index (Phi) is 15.2. The highest BCUT2D eigenvalue weighted by molar-refractivity contribution is 6.09. The summed E-state index contributed by atoms with van der Waals surface area (Å²) in [6.07, 6.45) is -3.03. The summed E-state index contributed by atoms with van der Waals surface area (Å²) in [5.74, 6) is -9.86. The standard InChI is InChI=1S/C31H34O16/c1-8-24(32)42-11-18(12-43-27(37)15(2)3)46-30(40)22-9-21(26(35)36)23(10-20(22)25(33)34)31(41)47-19(13-44-28(38)16(4)5)14-45-29(39)17(6)7/h9-10,18-19H,2,4,6,8,11-14H2,1,3,5,7H3,(H,33,34)(H,35,36). The Labute approximate surface area is 268 Å². The van der Waals surface area contributed by atoms with Gasteiger partial charge in [0, 0.05) is 23.1 Å². The molecular formula is C31H34O16. The normalized spacial score (nSPS) is 10.9. The molecular weight excluding hydrogens is 628 g/mol. The van der Waals surface area contributed by atoms with Crippen LogP contribution in [0.1, 0.15) is 75.5 Å². The van der Waals surface area contributed by atoms with Crippen LogP contribution in [-0.2, 0) is 47.6 Å². The lowest BCUT2D eigenvalue weighted by atomic mass is 9.98. The van der Waals surface area contributed by atoms with Crippen molar-refractivity contribution in [3.8, 4) is 0 Å². The Morgan fingerprint density at radius 2 is 0.872 bits per heavy atom. The maximum absolute atomic E-state index is 13.1. The van der Waals surface area contributed by atoms with Crippen LogP contribution >= 0.6 is 0 Å². The van der Waals surface area contributed by atoms with Crippen molar-refractivity contribution in [1.82, 2.24) is 0 Å². The molecule has 16 nitrogen and oxygen atoms in total. The minimum absolute atomic E-state index is 0.00688. The summed E-state index contributed by atoms with van der Waals surface area (Å²) < 4.78 is 30.1. The minimum atomic E-state index is -1.80. The fraction of sp³-hybridized carbons (Fsp3) is 0.355. The van der Waals surface area contributed by atoms with Crippen LogP contribution in [-0.4, -0.2) is 96.6 Å². The molecule has 0 heterocycles. The van der Waals surface area contributed by atoms with Crippen molar-refractivity contribution in [2.24, 2.45) is 0 Å². The van der Waals surface area contributed by atoms with E-state index in [2.05, 4.69) is 19.7 Å². The molecule has 0 aromatic heterocycles. The first-order valence-corrected chi connectivity index (χ1v) is 13.6. The van der Waals surface area contributed by atoms with E-state index in [-0.39, 0.29) is 23.1 Å². The summed E-state index contributed by atoms with van der Waals surface area (Å²) in [4.78, 5) is 97.7. The second-order valence-corrected chi connectivity index (χ2v) is 9.78. The maximum atomic E-state index is 13.1. The zero-order chi connectivity index (χ0) is 36.0. The molecule has 1 rings (SSSR count). The molecule has 1 aromatic carbocycles. The summed E-state index contributed by atoms with van der Waals surface area (Å²) in [7, 11) is 0. The van der Waals surface area contributed by atoms with Gasteiger partial charge >= 0.3 is 47.8 Å². The smallest absolute Gasteiger partial charge is 0.339 e. The van der Waals surface area contributed by atoms with Crippen molar-refractivity contribution in [3.05, 3.63) is 70.8 Å². The van der Waals surface area contributed by atoms with E-state index in [9.17, 15) is 48.6 Å². The number of ether oxygens (including phenoxy) is 6. The highest BCUT2D eigenvalue weighted by atomic mass is 16.6. The van der Waals surface area contributed by atoms with Gasteiger partial charge in [-0.25, -0.2) is 33.6 Å². The van der Waals surface area contributed by atoms with Gasteiger partial charge in [-0.15, -0.1) is 0 Å². The number of carboxylic acids is 2. The van der Waals surface area contributed by atoms with E-state index < -0.39 is 109 Å². The summed E-state index contributed by atoms with van der Waals surface area (Å²) in [6.45, 7) is 13.0. The number of rotatable bonds is 18. The van der Waals surface area contributed by atoms with E-state index >= 15 is 0 Å². The number of carbonyl (C=O) groups excluding carboxylic acids is 6. The lowest BCUT2D eigenvalue weighted by Gasteiger charge is -2.20. The van der Waals surface area contributed by atoms with E-state index in [1.165, 1.54) is 27.7 Å². The Morgan fingerprint density at radius 1 is 0.574 bits per heavy atom. The number of carbonyl (C=O) groups is 8. The molecule has 0 aliphatic heterocycles. The van der Waals surface area contributed by atoms with Crippen LogP contribution in [0.5, 0.6) is 0 Å². The molecule has 1 atom stereocenters. The third kappa shape index (κ3) is 12.6. The molecule has 254 valence electrons. The van der Waals surface area contributed by atoms with Gasteiger partial charge in [0.1, 0.15) is 26.4 Å². The van der Waals surface area contributed by atoms with Crippen LogP contribution in [0.15, 0.2) is 48.6 Å². The Bertz CT molecular complexity index is 1450. The molecule has 2 N–H and O–H groups in total. The predicted octanol–water partition coefficient (Wildman–Crippen LogP) is 2.44. The van der Waals surface area contributed by atoms with Crippen LogP contribution in [0.3, 0.4) is 0 Å². The van der Waals surface area contributed by atoms with Gasteiger partial charge in [-0.3, -0.25) is 4.79 Å². The Hall–Kier alpha value is -5.80. The number of carboxylic acid groups (broad SMARTS) is 2. The van der Waals surface area contributed by atoms with Gasteiger partial charge in [-0.2, -0.15) is 0 Å². The highest BCUT2D eigenvalue weighted by Gasteiger charge is 2.31. The van der Waals surface area contributed by atoms with E-state index in [1.807, 2.05) is 0 Å². The molecule has 0 radical (unpaired) electrons. The first kappa shape index (κ1) is 39.2. The average molecular weight is 663 g/mol. The number of aromatic carboxylic acids is 2. The zero-order valence-corrected chi connectivity index (χ0v) is 26.1. The molecule has 0 bridgehead atoms. The van der Waals surface area contributed by atoms with Gasteiger partial charge < -0.3 is 38.6 Å². The van der Waals surface area contributed by atoms with E-state index in [0.717, 1.165) is 0 Å². The molecule has 0 spiro atoms. The van der Waals surface area contributed by atoms with Crippen LogP contribution in [0, 0.1) is 0 Å². The van der Waals surface area contributed by atoms with Crippen molar-refractivity contribution >= 4 is 47.8 Å². The van der Waals surface area contributed by atoms with Crippen LogP contribution in [0.4, 0.5) is 0 Å². The van der Waals surface area contributed by atoms with Gasteiger partial charge in [-0.05, 0) is 32.9 Å². The average Bonchev–Trinajstić information content (AvgIpc) is 3.01. The fourth-order valence-electron chi connectivity index (χ4n) is 3.12. The number of hydrogen-bond donors (Lipinski definition) is 2. The summed E-state index contributed by atoms with van der Waals surface area (Å²) >= 11 is 0. The maximum Gasteiger partial charge on any atom is 0.339 e. The molecule has 1 unspecified atom stereocenters. The minimum Gasteiger partial charge on any atom is -0.478 e. The van der Waals surface area contributed by atoms with E-state index in [1.54, 1.807) is 0 Å². The first-order chi connectivity index (χ1) is 21.9. The van der Waals surface area contributed by atoms with Crippen molar-refractivity contribution in [3.63, 3.8) is 0 Å². The fourth-order valence-corrected chi connectivity index (χ4v) is 3.12. The van der Waals surface area contributed by atoms with Crippen LogP contribution < -0.4 is 0 Å². The number of hydrogen-bond acceptors (Lipinski definition) is 14. The summed E-state index contributed by atoms with van der Waals surface area (Å²) in [6, 6.07) is 1.08. The second-order valence-electron chi connectivity index (χ2n) is 9.78. The topological polar surface area (TPSA) is 232 Å². The van der Waals surface area contributed by atoms with Crippen molar-refractivity contribution in [2.75, 3.05) is 26.4 Å². The van der Waals surface area contributed by atoms with Gasteiger partial charge in [-0.1, -0.05) is 26.7 Å². The van der Waals surface area contributed by atoms with Crippen molar-refractivity contribution in [2.45, 2.75) is 46.3 Å². The lowest BCUT2D eigenvalue weighted by Crippen LogP contribution is -2.32. The molecule has 0 aliphatic carbocycles. The van der Waals surface area contributed by atoms with Gasteiger partial charge in [0.05, 0.1) is 22.3 Å². The van der Waals surface area contributed by atoms with Crippen molar-refractivity contribution in [1.29, 1.82) is 0 Å². The molecule has 47 heavy (non-hydrogen) atoms. The first-order valence-electron chi connectivity index (χ1n) is 13.6. The zero-order valence-electron chi connectivity index (χ0n) is 26.1. The summed E-state index contributed by atoms with van der Waals surface area (Å²) in [5.41, 5.74) is -3.55. The van der Waals surface area contributed by atoms with Crippen LogP contribution in [0.25, 0.3) is 0 Å². The third-order valence-electron chi connectivity index (χ3n) is 5.57. The van der Waals surface area contributed by atoms with Crippen molar-refractivity contribution < 1.29 is 77.0 Å². The molecule has 0 aliphatic rings. The van der Waals surface area contributed by atoms with Crippen LogP contribution in [0.2, 0.25) is 0 Å². The monoisotopic (exact) mass is 662 g/mol. The SMILES string of the molecule is C=C(C)C(=O)OCC(COC(=O)CC)OC(=O)c1cc(C(=O)O)c(C(=O)OC(COC(=O)C(=C)C)COC(=O)C(=C)C)cc1C(=O)O. The quantitative estimate of drug-likeness (QED) is 0.130. The molecule has 0 amide bonds. The molecule has 0 fully saturated rings. The molecule has 0 saturated heterocycles. The van der Waals surface area contributed by atoms with E-state index in [0.29, 0.717) is 12.1 Å². The molecule has 1 aromatic rings. The Balaban J connectivity index is 3.48. The number of benzene rings is 1. The lowest BCUT2D eigenvalue weighted by molar-refractivity contribution is -0.151. The Morgan fingerprint density at radius 3 is 1.13 bits per heavy atom. The van der Waals surface area contributed by atoms with E-state index in [4.69, 9.17) is 28.4 Å². The predicted molar refractivity (Wildman–Crippen MR) is 157 cm³/mol. The van der Waals surface area contributed by atoms with Gasteiger partial charge in [0.2, 0.25) is 0 Å². The van der Waals surface area contributed by atoms with Gasteiger partial charge in [0.15, 0.2) is 12.2 Å². The highest BCUT2D eigenvalue weighted by Crippen LogP contribution is 2.22. The third-order valence-corrected chi connectivity index (χ3v) is 5.57. The largest absolute Gasteiger partial charge is 0.478 e. The molecule has 16 heteroatoms. The summed E-state index contributed by atoms with van der Waals surface area (Å²) in [5, 5.41) is 19.6. The molecule has 0 saturated carbocycles. The second kappa shape index (κ2) is 18.2.